The Morgan fingerprint density at radius 1 is 1.20 bits per heavy atom. The zero-order valence-corrected chi connectivity index (χ0v) is 14.4. The molecular weight excluding hydrogens is 329 g/mol. The number of carbonyl (C=O) groups is 3. The van der Waals surface area contributed by atoms with Crippen molar-refractivity contribution in [3.05, 3.63) is 52.1 Å². The minimum absolute atomic E-state index is 0.0165. The number of H-pyrrole nitrogens is 1. The van der Waals surface area contributed by atoms with E-state index in [1.165, 1.54) is 26.2 Å². The molecule has 2 rings (SSSR count). The van der Waals surface area contributed by atoms with Crippen molar-refractivity contribution in [2.24, 2.45) is 0 Å². The predicted molar refractivity (Wildman–Crippen MR) is 87.8 cm³/mol. The number of aromatic nitrogens is 1. The summed E-state index contributed by atoms with van der Waals surface area (Å²) in [6.45, 7) is 4.15. The Balaban J connectivity index is 2.10. The van der Waals surface area contributed by atoms with E-state index in [-0.39, 0.29) is 22.8 Å². The van der Waals surface area contributed by atoms with E-state index in [1.807, 2.05) is 0 Å². The number of hydrogen-bond acceptors (Lipinski definition) is 5. The minimum Gasteiger partial charge on any atom is -0.494 e. The maximum absolute atomic E-state index is 13.6. The van der Waals surface area contributed by atoms with E-state index in [4.69, 9.17) is 9.47 Å². The molecule has 2 aromatic rings. The van der Waals surface area contributed by atoms with E-state index in [0.29, 0.717) is 16.8 Å². The normalized spacial score (nSPS) is 10.4. The molecule has 1 aromatic heterocycles. The monoisotopic (exact) mass is 347 g/mol. The molecule has 0 saturated carbocycles. The van der Waals surface area contributed by atoms with Crippen molar-refractivity contribution in [3.8, 4) is 5.75 Å². The van der Waals surface area contributed by atoms with Gasteiger partial charge in [0.15, 0.2) is 29.7 Å². The summed E-state index contributed by atoms with van der Waals surface area (Å²) in [7, 11) is 1.32. The highest BCUT2D eigenvalue weighted by atomic mass is 19.1. The lowest BCUT2D eigenvalue weighted by Gasteiger charge is -2.06. The number of nitrogens with one attached hydrogen (secondary N) is 1. The fourth-order valence-electron chi connectivity index (χ4n) is 2.61. The minimum atomic E-state index is -0.754. The molecule has 0 bridgehead atoms. The molecule has 0 radical (unpaired) electrons. The second kappa shape index (κ2) is 7.29. The fourth-order valence-corrected chi connectivity index (χ4v) is 2.61. The molecule has 1 heterocycles. The summed E-state index contributed by atoms with van der Waals surface area (Å²) in [5, 5.41) is 0. The maximum atomic E-state index is 13.6. The molecule has 0 fully saturated rings. The van der Waals surface area contributed by atoms with Crippen LogP contribution in [-0.4, -0.2) is 36.2 Å². The van der Waals surface area contributed by atoms with Crippen LogP contribution in [-0.2, 0) is 4.74 Å². The molecule has 25 heavy (non-hydrogen) atoms. The van der Waals surface area contributed by atoms with Crippen LogP contribution in [0.5, 0.6) is 5.75 Å². The lowest BCUT2D eigenvalue weighted by molar-refractivity contribution is 0.0468. The van der Waals surface area contributed by atoms with Crippen molar-refractivity contribution in [1.29, 1.82) is 0 Å². The van der Waals surface area contributed by atoms with Crippen LogP contribution in [0.15, 0.2) is 18.2 Å². The number of rotatable bonds is 6. The Bertz CT molecular complexity index is 853. The van der Waals surface area contributed by atoms with Crippen molar-refractivity contribution in [1.82, 2.24) is 4.98 Å². The van der Waals surface area contributed by atoms with Gasteiger partial charge >= 0.3 is 5.97 Å². The van der Waals surface area contributed by atoms with E-state index in [9.17, 15) is 18.8 Å². The number of hydrogen-bond donors (Lipinski definition) is 1. The number of carbonyl (C=O) groups excluding carboxylic acids is 3. The predicted octanol–water partition coefficient (Wildman–Crippen LogP) is 3.02. The third-order valence-corrected chi connectivity index (χ3v) is 3.80. The first-order chi connectivity index (χ1) is 11.8. The van der Waals surface area contributed by atoms with Crippen molar-refractivity contribution in [3.63, 3.8) is 0 Å². The molecule has 0 unspecified atom stereocenters. The highest BCUT2D eigenvalue weighted by Gasteiger charge is 2.22. The van der Waals surface area contributed by atoms with E-state index in [0.717, 1.165) is 6.07 Å². The van der Waals surface area contributed by atoms with Gasteiger partial charge in [0.25, 0.3) is 0 Å². The zero-order chi connectivity index (χ0) is 18.7. The van der Waals surface area contributed by atoms with Gasteiger partial charge in [0.2, 0.25) is 0 Å². The first kappa shape index (κ1) is 18.4. The van der Waals surface area contributed by atoms with Crippen LogP contribution in [0.25, 0.3) is 0 Å². The van der Waals surface area contributed by atoms with Gasteiger partial charge in [-0.1, -0.05) is 0 Å². The summed E-state index contributed by atoms with van der Waals surface area (Å²) in [4.78, 5) is 38.6. The number of esters is 1. The van der Waals surface area contributed by atoms with Crippen molar-refractivity contribution in [2.45, 2.75) is 20.8 Å². The summed E-state index contributed by atoms with van der Waals surface area (Å²) < 4.78 is 23.4. The number of aryl methyl sites for hydroxylation is 1. The second-order valence-corrected chi connectivity index (χ2v) is 5.53. The quantitative estimate of drug-likeness (QED) is 0.641. The average molecular weight is 347 g/mol. The Morgan fingerprint density at radius 3 is 2.40 bits per heavy atom. The highest BCUT2D eigenvalue weighted by Crippen LogP contribution is 2.20. The van der Waals surface area contributed by atoms with Gasteiger partial charge in [0.1, 0.15) is 5.69 Å². The highest BCUT2D eigenvalue weighted by molar-refractivity contribution is 6.02. The molecule has 1 N–H and O–H groups in total. The molecule has 7 heteroatoms. The fraction of sp³-hybridized carbons (Fsp3) is 0.278. The van der Waals surface area contributed by atoms with Crippen LogP contribution in [0.1, 0.15) is 49.4 Å². The van der Waals surface area contributed by atoms with E-state index in [1.54, 1.807) is 13.8 Å². The van der Waals surface area contributed by atoms with Crippen molar-refractivity contribution < 1.29 is 28.2 Å². The van der Waals surface area contributed by atoms with E-state index < -0.39 is 24.2 Å². The molecule has 0 spiro atoms. The van der Waals surface area contributed by atoms with Crippen LogP contribution < -0.4 is 4.74 Å². The number of ether oxygens (including phenoxy) is 2. The molecule has 1 aromatic carbocycles. The second-order valence-electron chi connectivity index (χ2n) is 5.53. The summed E-state index contributed by atoms with van der Waals surface area (Å²) in [5.41, 5.74) is 1.64. The first-order valence-electron chi connectivity index (χ1n) is 7.50. The van der Waals surface area contributed by atoms with Crippen LogP contribution in [0.4, 0.5) is 4.39 Å². The third kappa shape index (κ3) is 3.76. The average Bonchev–Trinajstić information content (AvgIpc) is 2.86. The topological polar surface area (TPSA) is 85.5 Å². The number of ketones is 2. The largest absolute Gasteiger partial charge is 0.494 e. The smallest absolute Gasteiger partial charge is 0.355 e. The van der Waals surface area contributed by atoms with Crippen LogP contribution >= 0.6 is 0 Å². The summed E-state index contributed by atoms with van der Waals surface area (Å²) in [6.07, 6.45) is 0. The lowest BCUT2D eigenvalue weighted by atomic mass is 10.1. The third-order valence-electron chi connectivity index (χ3n) is 3.80. The molecule has 0 aliphatic carbocycles. The Morgan fingerprint density at radius 2 is 1.88 bits per heavy atom. The van der Waals surface area contributed by atoms with Gasteiger partial charge in [-0.3, -0.25) is 9.59 Å². The van der Waals surface area contributed by atoms with Gasteiger partial charge in [-0.15, -0.1) is 0 Å². The van der Waals surface area contributed by atoms with Gasteiger partial charge in [-0.2, -0.15) is 0 Å². The number of aromatic amines is 1. The molecule has 0 aliphatic rings. The number of halogens is 1. The van der Waals surface area contributed by atoms with E-state index >= 15 is 0 Å². The molecule has 132 valence electrons. The summed E-state index contributed by atoms with van der Waals surface area (Å²) in [6, 6.07) is 3.73. The number of methoxy groups -OCH3 is 1. The SMILES string of the molecule is COc1ccc(C(=O)COC(=O)c2[nH]c(C)c(C(C)=O)c2C)cc1F. The summed E-state index contributed by atoms with van der Waals surface area (Å²) in [5.74, 6) is -2.14. The maximum Gasteiger partial charge on any atom is 0.355 e. The standard InChI is InChI=1S/C18H18FNO5/c1-9-16(11(3)21)10(2)20-17(9)18(23)25-8-14(22)12-5-6-15(24-4)13(19)7-12/h5-7,20H,8H2,1-4H3. The van der Waals surface area contributed by atoms with Crippen LogP contribution in [0, 0.1) is 19.7 Å². The Kier molecular flexibility index (Phi) is 5.36. The number of Topliss-reactive ketones (excluding diaryl/α,β-unsaturated/α-hetero) is 2. The van der Waals surface area contributed by atoms with Gasteiger partial charge in [0, 0.05) is 16.8 Å². The van der Waals surface area contributed by atoms with E-state index in [2.05, 4.69) is 4.98 Å². The number of benzene rings is 1. The molecule has 0 atom stereocenters. The van der Waals surface area contributed by atoms with Gasteiger partial charge in [-0.05, 0) is 44.5 Å². The molecular formula is C18H18FNO5. The van der Waals surface area contributed by atoms with Crippen molar-refractivity contribution in [2.75, 3.05) is 13.7 Å². The molecule has 0 amide bonds. The van der Waals surface area contributed by atoms with Crippen LogP contribution in [0.2, 0.25) is 0 Å². The molecule has 0 saturated heterocycles. The molecule has 6 nitrogen and oxygen atoms in total. The van der Waals surface area contributed by atoms with Gasteiger partial charge in [0.05, 0.1) is 7.11 Å². The van der Waals surface area contributed by atoms with Crippen molar-refractivity contribution >= 4 is 17.5 Å². The molecule has 0 aliphatic heterocycles. The van der Waals surface area contributed by atoms with Crippen LogP contribution in [0.3, 0.4) is 0 Å². The first-order valence-corrected chi connectivity index (χ1v) is 7.50. The Hall–Kier alpha value is -2.96. The Labute approximate surface area is 143 Å². The van der Waals surface area contributed by atoms with Gasteiger partial charge < -0.3 is 14.5 Å². The summed E-state index contributed by atoms with van der Waals surface area (Å²) >= 11 is 0. The zero-order valence-electron chi connectivity index (χ0n) is 14.4. The van der Waals surface area contributed by atoms with Gasteiger partial charge in [-0.25, -0.2) is 9.18 Å². The lowest BCUT2D eigenvalue weighted by Crippen LogP contribution is -2.15.